The molecule has 9 heteroatoms. The van der Waals surface area contributed by atoms with Gasteiger partial charge in [0.05, 0.1) is 12.0 Å². The molecule has 3 aromatic rings. The standard InChI is InChI=1S/C25H27N3O5S/c1-18(29)28-22-9-13-24(14-10-22)34(31,32)27-17-20-3-7-21(8-4-20)25(30)26-16-15-19-5-11-23(33-2)12-6-19/h3-14,27H,15-17H2,1-2H3,(H,26,30)(H,28,29). The Morgan fingerprint density at radius 2 is 1.47 bits per heavy atom. The molecular weight excluding hydrogens is 454 g/mol. The fourth-order valence-corrected chi connectivity index (χ4v) is 4.19. The zero-order valence-electron chi connectivity index (χ0n) is 19.0. The predicted molar refractivity (Wildman–Crippen MR) is 130 cm³/mol. The quantitative estimate of drug-likeness (QED) is 0.412. The molecule has 0 saturated heterocycles. The Kier molecular flexibility index (Phi) is 8.39. The second-order valence-corrected chi connectivity index (χ2v) is 9.35. The van der Waals surface area contributed by atoms with Crippen molar-refractivity contribution in [3.63, 3.8) is 0 Å². The summed E-state index contributed by atoms with van der Waals surface area (Å²) in [6, 6.07) is 20.3. The van der Waals surface area contributed by atoms with E-state index >= 15 is 0 Å². The molecule has 0 atom stereocenters. The maximum absolute atomic E-state index is 12.5. The summed E-state index contributed by atoms with van der Waals surface area (Å²) < 4.78 is 32.7. The molecule has 0 bridgehead atoms. The first kappa shape index (κ1) is 24.9. The molecule has 3 aromatic carbocycles. The second-order valence-electron chi connectivity index (χ2n) is 7.58. The Morgan fingerprint density at radius 3 is 2.06 bits per heavy atom. The highest BCUT2D eigenvalue weighted by Gasteiger charge is 2.14. The minimum Gasteiger partial charge on any atom is -0.497 e. The highest BCUT2D eigenvalue weighted by atomic mass is 32.2. The largest absolute Gasteiger partial charge is 0.497 e. The zero-order chi connectivity index (χ0) is 24.6. The normalized spacial score (nSPS) is 11.0. The van der Waals surface area contributed by atoms with Gasteiger partial charge in [0.15, 0.2) is 0 Å². The molecule has 3 N–H and O–H groups in total. The van der Waals surface area contributed by atoms with Crippen molar-refractivity contribution in [2.75, 3.05) is 19.0 Å². The monoisotopic (exact) mass is 481 g/mol. The summed E-state index contributed by atoms with van der Waals surface area (Å²) >= 11 is 0. The first-order valence-corrected chi connectivity index (χ1v) is 12.1. The van der Waals surface area contributed by atoms with Crippen LogP contribution in [-0.2, 0) is 27.8 Å². The van der Waals surface area contributed by atoms with E-state index < -0.39 is 10.0 Å². The third-order valence-corrected chi connectivity index (χ3v) is 6.44. The lowest BCUT2D eigenvalue weighted by Crippen LogP contribution is -2.26. The van der Waals surface area contributed by atoms with Gasteiger partial charge >= 0.3 is 0 Å². The Balaban J connectivity index is 1.49. The Hall–Kier alpha value is -3.69. The molecule has 0 spiro atoms. The summed E-state index contributed by atoms with van der Waals surface area (Å²) in [5.41, 5.74) is 2.82. The van der Waals surface area contributed by atoms with Crippen LogP contribution < -0.4 is 20.1 Å². The van der Waals surface area contributed by atoms with Crippen LogP contribution in [0.15, 0.2) is 77.7 Å². The molecule has 0 fully saturated rings. The highest BCUT2D eigenvalue weighted by molar-refractivity contribution is 7.89. The molecule has 3 rings (SSSR count). The summed E-state index contributed by atoms with van der Waals surface area (Å²) in [4.78, 5) is 23.5. The second kappa shape index (κ2) is 11.4. The molecule has 178 valence electrons. The summed E-state index contributed by atoms with van der Waals surface area (Å²) in [5, 5.41) is 5.47. The van der Waals surface area contributed by atoms with Gasteiger partial charge < -0.3 is 15.4 Å². The van der Waals surface area contributed by atoms with Gasteiger partial charge in [0.2, 0.25) is 15.9 Å². The number of hydrogen-bond acceptors (Lipinski definition) is 5. The van der Waals surface area contributed by atoms with Crippen LogP contribution in [0.1, 0.15) is 28.4 Å². The smallest absolute Gasteiger partial charge is 0.251 e. The molecular formula is C25H27N3O5S. The topological polar surface area (TPSA) is 114 Å². The van der Waals surface area contributed by atoms with Crippen molar-refractivity contribution in [3.05, 3.63) is 89.5 Å². The molecule has 0 radical (unpaired) electrons. The number of rotatable bonds is 10. The van der Waals surface area contributed by atoms with E-state index in [1.54, 1.807) is 31.4 Å². The van der Waals surface area contributed by atoms with Gasteiger partial charge in [-0.15, -0.1) is 0 Å². The third kappa shape index (κ3) is 7.16. The van der Waals surface area contributed by atoms with Crippen LogP contribution >= 0.6 is 0 Å². The number of sulfonamides is 1. The van der Waals surface area contributed by atoms with E-state index in [1.807, 2.05) is 24.3 Å². The first-order chi connectivity index (χ1) is 16.3. The van der Waals surface area contributed by atoms with E-state index in [-0.39, 0.29) is 23.3 Å². The number of carbonyl (C=O) groups is 2. The van der Waals surface area contributed by atoms with Crippen LogP contribution in [-0.4, -0.2) is 33.9 Å². The number of hydrogen-bond donors (Lipinski definition) is 3. The molecule has 0 aliphatic rings. The van der Waals surface area contributed by atoms with Crippen molar-refractivity contribution in [3.8, 4) is 5.75 Å². The Labute approximate surface area is 199 Å². The third-order valence-electron chi connectivity index (χ3n) is 5.03. The van der Waals surface area contributed by atoms with Gasteiger partial charge in [-0.3, -0.25) is 9.59 Å². The molecule has 0 heterocycles. The fourth-order valence-electron chi connectivity index (χ4n) is 3.17. The number of benzene rings is 3. The van der Waals surface area contributed by atoms with Crippen LogP contribution in [0.2, 0.25) is 0 Å². The predicted octanol–water partition coefficient (Wildman–Crippen LogP) is 3.10. The van der Waals surface area contributed by atoms with Crippen LogP contribution in [0.3, 0.4) is 0 Å². The van der Waals surface area contributed by atoms with Gasteiger partial charge in [-0.05, 0) is 66.1 Å². The number of anilines is 1. The Morgan fingerprint density at radius 1 is 0.853 bits per heavy atom. The van der Waals surface area contributed by atoms with Crippen LogP contribution in [0, 0.1) is 0 Å². The lowest BCUT2D eigenvalue weighted by atomic mass is 10.1. The highest BCUT2D eigenvalue weighted by Crippen LogP contribution is 2.15. The Bertz CT molecular complexity index is 1220. The fraction of sp³-hybridized carbons (Fsp3) is 0.200. The minimum absolute atomic E-state index is 0.0785. The van der Waals surface area contributed by atoms with Crippen molar-refractivity contribution in [2.24, 2.45) is 0 Å². The molecule has 0 unspecified atom stereocenters. The average molecular weight is 482 g/mol. The first-order valence-electron chi connectivity index (χ1n) is 10.6. The lowest BCUT2D eigenvalue weighted by Gasteiger charge is -2.09. The van der Waals surface area contributed by atoms with Crippen molar-refractivity contribution in [1.29, 1.82) is 0 Å². The molecule has 8 nitrogen and oxygen atoms in total. The number of carbonyl (C=O) groups excluding carboxylic acids is 2. The maximum Gasteiger partial charge on any atom is 0.251 e. The number of ether oxygens (including phenoxy) is 1. The van der Waals surface area contributed by atoms with Crippen molar-refractivity contribution < 1.29 is 22.7 Å². The van der Waals surface area contributed by atoms with Gasteiger partial charge in [-0.1, -0.05) is 24.3 Å². The average Bonchev–Trinajstić information content (AvgIpc) is 2.83. The summed E-state index contributed by atoms with van der Waals surface area (Å²) in [7, 11) is -2.11. The van der Waals surface area contributed by atoms with Gasteiger partial charge in [0.25, 0.3) is 5.91 Å². The van der Waals surface area contributed by atoms with E-state index in [2.05, 4.69) is 15.4 Å². The van der Waals surface area contributed by atoms with E-state index in [1.165, 1.54) is 31.2 Å². The van der Waals surface area contributed by atoms with Gasteiger partial charge in [-0.25, -0.2) is 13.1 Å². The van der Waals surface area contributed by atoms with Crippen molar-refractivity contribution in [1.82, 2.24) is 10.0 Å². The van der Waals surface area contributed by atoms with Gasteiger partial charge in [0, 0.05) is 31.3 Å². The number of nitrogens with one attached hydrogen (secondary N) is 3. The summed E-state index contributed by atoms with van der Waals surface area (Å²) in [6.07, 6.45) is 0.696. The van der Waals surface area contributed by atoms with E-state index in [0.29, 0.717) is 29.8 Å². The number of amides is 2. The van der Waals surface area contributed by atoms with E-state index in [4.69, 9.17) is 4.74 Å². The van der Waals surface area contributed by atoms with E-state index in [9.17, 15) is 18.0 Å². The van der Waals surface area contributed by atoms with Crippen molar-refractivity contribution in [2.45, 2.75) is 24.8 Å². The van der Waals surface area contributed by atoms with Crippen LogP contribution in [0.25, 0.3) is 0 Å². The number of methoxy groups -OCH3 is 1. The van der Waals surface area contributed by atoms with Gasteiger partial charge in [-0.2, -0.15) is 0 Å². The zero-order valence-corrected chi connectivity index (χ0v) is 19.8. The van der Waals surface area contributed by atoms with Crippen LogP contribution in [0.5, 0.6) is 5.75 Å². The summed E-state index contributed by atoms with van der Waals surface area (Å²) in [5.74, 6) is 0.359. The maximum atomic E-state index is 12.5. The van der Waals surface area contributed by atoms with E-state index in [0.717, 1.165) is 11.3 Å². The molecule has 2 amide bonds. The SMILES string of the molecule is COc1ccc(CCNC(=O)c2ccc(CNS(=O)(=O)c3ccc(NC(C)=O)cc3)cc2)cc1. The molecule has 0 aliphatic carbocycles. The molecule has 0 aromatic heterocycles. The van der Waals surface area contributed by atoms with Gasteiger partial charge in [0.1, 0.15) is 5.75 Å². The lowest BCUT2D eigenvalue weighted by molar-refractivity contribution is -0.114. The summed E-state index contributed by atoms with van der Waals surface area (Å²) in [6.45, 7) is 1.95. The minimum atomic E-state index is -3.72. The van der Waals surface area contributed by atoms with Crippen molar-refractivity contribution >= 4 is 27.5 Å². The van der Waals surface area contributed by atoms with Crippen LogP contribution in [0.4, 0.5) is 5.69 Å². The molecule has 0 aliphatic heterocycles. The molecule has 0 saturated carbocycles. The molecule has 34 heavy (non-hydrogen) atoms.